The van der Waals surface area contributed by atoms with Crippen LogP contribution >= 0.6 is 0 Å². The van der Waals surface area contributed by atoms with Gasteiger partial charge in [-0.05, 0) is 32.2 Å². The smallest absolute Gasteiger partial charge is 0.150 e. The van der Waals surface area contributed by atoms with Crippen molar-refractivity contribution in [1.29, 1.82) is 0 Å². The van der Waals surface area contributed by atoms with Gasteiger partial charge in [-0.25, -0.2) is 0 Å². The summed E-state index contributed by atoms with van der Waals surface area (Å²) in [7, 11) is 0. The molecule has 2 atom stereocenters. The molecular formula is C11H19N3O. The Hall–Kier alpha value is -0.870. The Morgan fingerprint density at radius 1 is 1.73 bits per heavy atom. The Balaban J connectivity index is 1.88. The molecule has 1 aromatic heterocycles. The normalized spacial score (nSPS) is 25.3. The van der Waals surface area contributed by atoms with E-state index in [1.807, 2.05) is 6.07 Å². The molecule has 2 heterocycles. The van der Waals surface area contributed by atoms with Crippen LogP contribution in [0.3, 0.4) is 0 Å². The van der Waals surface area contributed by atoms with Crippen LogP contribution in [0.1, 0.15) is 25.5 Å². The van der Waals surface area contributed by atoms with E-state index in [4.69, 9.17) is 10.3 Å². The molecule has 0 amide bonds. The molecule has 2 rings (SSSR count). The van der Waals surface area contributed by atoms with E-state index < -0.39 is 0 Å². The van der Waals surface area contributed by atoms with Crippen LogP contribution in [0.2, 0.25) is 0 Å². The Morgan fingerprint density at radius 2 is 2.60 bits per heavy atom. The predicted octanol–water partition coefficient (Wildman–Crippen LogP) is 1.23. The summed E-state index contributed by atoms with van der Waals surface area (Å²) in [6.45, 7) is 5.19. The van der Waals surface area contributed by atoms with Gasteiger partial charge in [-0.3, -0.25) is 4.90 Å². The number of likely N-dealkylation sites (tertiary alicyclic amines) is 1. The van der Waals surface area contributed by atoms with Crippen LogP contribution in [-0.2, 0) is 6.54 Å². The highest BCUT2D eigenvalue weighted by Gasteiger charge is 2.23. The first-order valence-corrected chi connectivity index (χ1v) is 5.63. The first-order chi connectivity index (χ1) is 7.25. The van der Waals surface area contributed by atoms with Crippen LogP contribution in [0.15, 0.2) is 16.8 Å². The van der Waals surface area contributed by atoms with E-state index in [-0.39, 0.29) is 0 Å². The van der Waals surface area contributed by atoms with Gasteiger partial charge in [-0.15, -0.1) is 0 Å². The number of nitrogens with zero attached hydrogens (tertiary/aromatic N) is 2. The van der Waals surface area contributed by atoms with E-state index in [0.29, 0.717) is 12.0 Å². The minimum atomic E-state index is 0.294. The fourth-order valence-electron chi connectivity index (χ4n) is 2.21. The molecule has 15 heavy (non-hydrogen) atoms. The second-order valence-corrected chi connectivity index (χ2v) is 4.48. The van der Waals surface area contributed by atoms with Gasteiger partial charge in [-0.1, -0.05) is 5.16 Å². The lowest BCUT2D eigenvalue weighted by Crippen LogP contribution is -2.41. The van der Waals surface area contributed by atoms with Crippen molar-refractivity contribution in [3.63, 3.8) is 0 Å². The molecule has 4 nitrogen and oxygen atoms in total. The molecule has 0 radical (unpaired) electrons. The molecule has 0 saturated carbocycles. The Labute approximate surface area is 90.4 Å². The zero-order valence-corrected chi connectivity index (χ0v) is 9.22. The molecule has 2 unspecified atom stereocenters. The van der Waals surface area contributed by atoms with Crippen molar-refractivity contribution >= 4 is 0 Å². The van der Waals surface area contributed by atoms with Crippen LogP contribution in [0, 0.1) is 5.92 Å². The molecule has 1 aliphatic rings. The zero-order valence-electron chi connectivity index (χ0n) is 9.22. The van der Waals surface area contributed by atoms with E-state index >= 15 is 0 Å². The summed E-state index contributed by atoms with van der Waals surface area (Å²) in [4.78, 5) is 2.40. The number of rotatable bonds is 3. The SMILES string of the molecule is CC(N)C1CCCN(Cc2ccno2)C1. The maximum absolute atomic E-state index is 5.94. The number of piperidine rings is 1. The summed E-state index contributed by atoms with van der Waals surface area (Å²) in [6.07, 6.45) is 4.19. The van der Waals surface area contributed by atoms with Gasteiger partial charge < -0.3 is 10.3 Å². The molecule has 0 bridgehead atoms. The van der Waals surface area contributed by atoms with Crippen LogP contribution in [0.25, 0.3) is 0 Å². The van der Waals surface area contributed by atoms with E-state index in [2.05, 4.69) is 17.0 Å². The molecule has 1 aliphatic heterocycles. The number of nitrogens with two attached hydrogens (primary N) is 1. The third-order valence-corrected chi connectivity index (χ3v) is 3.16. The maximum Gasteiger partial charge on any atom is 0.150 e. The van der Waals surface area contributed by atoms with Crippen molar-refractivity contribution in [2.24, 2.45) is 11.7 Å². The third kappa shape index (κ3) is 2.79. The molecule has 2 N–H and O–H groups in total. The quantitative estimate of drug-likeness (QED) is 0.813. The summed E-state index contributed by atoms with van der Waals surface area (Å²) in [5, 5.41) is 3.72. The van der Waals surface area contributed by atoms with Gasteiger partial charge in [0.1, 0.15) is 0 Å². The lowest BCUT2D eigenvalue weighted by Gasteiger charge is -2.33. The number of hydrogen-bond donors (Lipinski definition) is 1. The fourth-order valence-corrected chi connectivity index (χ4v) is 2.21. The molecular weight excluding hydrogens is 190 g/mol. The molecule has 0 aliphatic carbocycles. The van der Waals surface area contributed by atoms with E-state index in [1.165, 1.54) is 12.8 Å². The number of aromatic nitrogens is 1. The van der Waals surface area contributed by atoms with Gasteiger partial charge in [0.05, 0.1) is 12.7 Å². The van der Waals surface area contributed by atoms with Gasteiger partial charge in [0.15, 0.2) is 5.76 Å². The van der Waals surface area contributed by atoms with Gasteiger partial charge in [-0.2, -0.15) is 0 Å². The first-order valence-electron chi connectivity index (χ1n) is 5.63. The average Bonchev–Trinajstić information content (AvgIpc) is 2.71. The molecule has 0 spiro atoms. The summed E-state index contributed by atoms with van der Waals surface area (Å²) in [6, 6.07) is 2.22. The van der Waals surface area contributed by atoms with Gasteiger partial charge in [0, 0.05) is 18.7 Å². The molecule has 4 heteroatoms. The fraction of sp³-hybridized carbons (Fsp3) is 0.727. The average molecular weight is 209 g/mol. The lowest BCUT2D eigenvalue weighted by molar-refractivity contribution is 0.141. The molecule has 1 saturated heterocycles. The third-order valence-electron chi connectivity index (χ3n) is 3.16. The van der Waals surface area contributed by atoms with E-state index in [0.717, 1.165) is 25.4 Å². The van der Waals surface area contributed by atoms with Crippen molar-refractivity contribution in [3.8, 4) is 0 Å². The van der Waals surface area contributed by atoms with Crippen LogP contribution < -0.4 is 5.73 Å². The standard InChI is InChI=1S/C11H19N3O/c1-9(12)10-3-2-6-14(7-10)8-11-4-5-13-15-11/h4-5,9-10H,2-3,6-8,12H2,1H3. The highest BCUT2D eigenvalue weighted by molar-refractivity contribution is 4.93. The Kier molecular flexibility index (Phi) is 3.38. The van der Waals surface area contributed by atoms with Gasteiger partial charge in [0.2, 0.25) is 0 Å². The Morgan fingerprint density at radius 3 is 3.27 bits per heavy atom. The molecule has 1 fully saturated rings. The van der Waals surface area contributed by atoms with Crippen LogP contribution in [0.4, 0.5) is 0 Å². The van der Waals surface area contributed by atoms with Crippen LogP contribution in [0.5, 0.6) is 0 Å². The summed E-state index contributed by atoms with van der Waals surface area (Å²) >= 11 is 0. The van der Waals surface area contributed by atoms with Crippen molar-refractivity contribution in [2.45, 2.75) is 32.4 Å². The minimum absolute atomic E-state index is 0.294. The predicted molar refractivity (Wildman–Crippen MR) is 58.2 cm³/mol. The largest absolute Gasteiger partial charge is 0.360 e. The van der Waals surface area contributed by atoms with Crippen molar-refractivity contribution in [1.82, 2.24) is 10.1 Å². The van der Waals surface area contributed by atoms with Crippen molar-refractivity contribution < 1.29 is 4.52 Å². The van der Waals surface area contributed by atoms with E-state index in [1.54, 1.807) is 6.20 Å². The summed E-state index contributed by atoms with van der Waals surface area (Å²) < 4.78 is 5.11. The zero-order chi connectivity index (χ0) is 10.7. The molecule has 0 aromatic carbocycles. The monoisotopic (exact) mass is 209 g/mol. The topological polar surface area (TPSA) is 55.3 Å². The van der Waals surface area contributed by atoms with E-state index in [9.17, 15) is 0 Å². The maximum atomic E-state index is 5.94. The minimum Gasteiger partial charge on any atom is -0.360 e. The van der Waals surface area contributed by atoms with Crippen molar-refractivity contribution in [2.75, 3.05) is 13.1 Å². The summed E-state index contributed by atoms with van der Waals surface area (Å²) in [5.74, 6) is 1.57. The highest BCUT2D eigenvalue weighted by Crippen LogP contribution is 2.20. The van der Waals surface area contributed by atoms with Gasteiger partial charge >= 0.3 is 0 Å². The van der Waals surface area contributed by atoms with Crippen LogP contribution in [-0.4, -0.2) is 29.2 Å². The Bertz CT molecular complexity index is 284. The first kappa shape index (κ1) is 10.6. The number of hydrogen-bond acceptors (Lipinski definition) is 4. The summed E-state index contributed by atoms with van der Waals surface area (Å²) in [5.41, 5.74) is 5.94. The van der Waals surface area contributed by atoms with Crippen molar-refractivity contribution in [3.05, 3.63) is 18.0 Å². The second kappa shape index (κ2) is 4.77. The molecule has 1 aromatic rings. The highest BCUT2D eigenvalue weighted by atomic mass is 16.5. The molecule has 84 valence electrons. The lowest BCUT2D eigenvalue weighted by atomic mass is 9.92. The van der Waals surface area contributed by atoms with Gasteiger partial charge in [0.25, 0.3) is 0 Å². The second-order valence-electron chi connectivity index (χ2n) is 4.48.